The van der Waals surface area contributed by atoms with Gasteiger partial charge in [-0.25, -0.2) is 0 Å². The average molecular weight is 462 g/mol. The van der Waals surface area contributed by atoms with E-state index in [1.807, 2.05) is 0 Å². The van der Waals surface area contributed by atoms with Crippen LogP contribution in [-0.4, -0.2) is 41.2 Å². The zero-order valence-electron chi connectivity index (χ0n) is 21.4. The Morgan fingerprint density at radius 1 is 1.03 bits per heavy atom. The summed E-state index contributed by atoms with van der Waals surface area (Å²) in [6, 6.07) is 0. The summed E-state index contributed by atoms with van der Waals surface area (Å²) in [6.07, 6.45) is 18.9. The first kappa shape index (κ1) is 24.5. The summed E-state index contributed by atoms with van der Waals surface area (Å²) in [7, 11) is 0. The van der Waals surface area contributed by atoms with Crippen molar-refractivity contribution in [3.63, 3.8) is 0 Å². The second-order valence-corrected chi connectivity index (χ2v) is 13.7. The van der Waals surface area contributed by atoms with Gasteiger partial charge in [0.05, 0.1) is 17.4 Å². The number of fused-ring (bicyclic) bond motifs is 3. The molecule has 0 aromatic heterocycles. The molecule has 3 aliphatic heterocycles. The minimum atomic E-state index is -0.193. The Kier molecular flexibility index (Phi) is 6.70. The van der Waals surface area contributed by atoms with Gasteiger partial charge in [0, 0.05) is 18.1 Å². The van der Waals surface area contributed by atoms with Gasteiger partial charge >= 0.3 is 0 Å². The Morgan fingerprint density at radius 2 is 1.82 bits per heavy atom. The highest BCUT2D eigenvalue weighted by Crippen LogP contribution is 2.63. The van der Waals surface area contributed by atoms with Crippen LogP contribution in [0.2, 0.25) is 0 Å². The van der Waals surface area contributed by atoms with Gasteiger partial charge in [0.1, 0.15) is 0 Å². The van der Waals surface area contributed by atoms with E-state index in [2.05, 4.69) is 19.2 Å². The maximum atomic E-state index is 9.57. The molecule has 3 heterocycles. The van der Waals surface area contributed by atoms with E-state index in [4.69, 9.17) is 16.2 Å². The lowest BCUT2D eigenvalue weighted by atomic mass is 9.50. The van der Waals surface area contributed by atoms with Crippen molar-refractivity contribution in [1.82, 2.24) is 5.32 Å². The van der Waals surface area contributed by atoms with Crippen LogP contribution >= 0.6 is 0 Å². The molecule has 6 aliphatic rings. The number of aliphatic hydroxyl groups excluding tert-OH is 1. The summed E-state index contributed by atoms with van der Waals surface area (Å²) in [4.78, 5) is 0. The van der Waals surface area contributed by atoms with Crippen molar-refractivity contribution in [2.75, 3.05) is 13.2 Å². The van der Waals surface area contributed by atoms with Crippen molar-refractivity contribution in [3.05, 3.63) is 0 Å². The molecule has 3 saturated carbocycles. The monoisotopic (exact) mass is 461 g/mol. The Bertz CT molecular complexity index is 685. The first-order valence-electron chi connectivity index (χ1n) is 14.3. The second kappa shape index (κ2) is 9.03. The Hall–Kier alpha value is -0.200. The van der Waals surface area contributed by atoms with Crippen LogP contribution in [0.5, 0.6) is 0 Å². The van der Waals surface area contributed by atoms with Gasteiger partial charge in [-0.2, -0.15) is 0 Å². The van der Waals surface area contributed by atoms with Crippen molar-refractivity contribution in [1.29, 1.82) is 0 Å². The summed E-state index contributed by atoms with van der Waals surface area (Å²) in [5, 5.41) is 13.1. The predicted molar refractivity (Wildman–Crippen MR) is 134 cm³/mol. The van der Waals surface area contributed by atoms with Crippen molar-refractivity contribution >= 4 is 0 Å². The standard InChI is InChI=1S/C28H51N3O2/c1-25(2)23-8-12-28(33-25,19-27(23,30)11-5-13-32)22-15-21(14-20-6-7-24(29)31-18-20)16-26(17-22)9-3-4-10-26/h20-24,31-32H,3-19,29-30H2,1-2H3/t20?,21-,22+,23+,24?,27-,28-/m0/s1. The van der Waals surface area contributed by atoms with Gasteiger partial charge in [0.2, 0.25) is 0 Å². The van der Waals surface area contributed by atoms with E-state index in [0.29, 0.717) is 17.3 Å². The molecule has 1 spiro atoms. The van der Waals surface area contributed by atoms with Gasteiger partial charge in [0.25, 0.3) is 0 Å². The lowest BCUT2D eigenvalue weighted by Gasteiger charge is -2.66. The molecule has 2 unspecified atom stereocenters. The third-order valence-corrected chi connectivity index (χ3v) is 10.9. The number of hydrogen-bond acceptors (Lipinski definition) is 5. The van der Waals surface area contributed by atoms with Crippen LogP contribution in [-0.2, 0) is 4.74 Å². The van der Waals surface area contributed by atoms with Gasteiger partial charge in [-0.1, -0.05) is 12.8 Å². The molecular weight excluding hydrogens is 410 g/mol. The molecule has 0 aromatic rings. The maximum Gasteiger partial charge on any atom is 0.0736 e. The highest BCUT2D eigenvalue weighted by atomic mass is 16.5. The quantitative estimate of drug-likeness (QED) is 0.469. The SMILES string of the molecule is CC1(C)O[C@@]2([C@@H]3C[C@H](CC4CCC(N)NC4)CC4(CCCC4)C3)CC[C@H]1[C@](N)(CCCO)C2. The molecular formula is C28H51N3O2. The zero-order valence-corrected chi connectivity index (χ0v) is 21.4. The first-order valence-corrected chi connectivity index (χ1v) is 14.3. The Morgan fingerprint density at radius 3 is 2.48 bits per heavy atom. The lowest BCUT2D eigenvalue weighted by Crippen LogP contribution is -2.72. The van der Waals surface area contributed by atoms with E-state index < -0.39 is 0 Å². The number of ether oxygens (including phenoxy) is 1. The molecule has 6 fully saturated rings. The van der Waals surface area contributed by atoms with Gasteiger partial charge in [-0.3, -0.25) is 0 Å². The molecule has 3 aliphatic carbocycles. The Balaban J connectivity index is 1.39. The summed E-state index contributed by atoms with van der Waals surface area (Å²) in [5.41, 5.74) is 13.5. The zero-order chi connectivity index (χ0) is 23.3. The van der Waals surface area contributed by atoms with E-state index in [0.717, 1.165) is 44.1 Å². The lowest BCUT2D eigenvalue weighted by molar-refractivity contribution is -0.291. The highest BCUT2D eigenvalue weighted by Gasteiger charge is 2.64. The minimum Gasteiger partial charge on any atom is -0.396 e. The number of aliphatic hydroxyl groups is 1. The normalized spacial score (nSPS) is 46.6. The molecule has 5 heteroatoms. The van der Waals surface area contributed by atoms with Crippen molar-refractivity contribution < 1.29 is 9.84 Å². The Labute approximate surface area is 202 Å². The number of piperidine rings is 1. The van der Waals surface area contributed by atoms with Crippen LogP contribution in [0.4, 0.5) is 0 Å². The summed E-state index contributed by atoms with van der Waals surface area (Å²) in [5.74, 6) is 2.62. The summed E-state index contributed by atoms with van der Waals surface area (Å²) >= 11 is 0. The van der Waals surface area contributed by atoms with Crippen LogP contribution in [0.15, 0.2) is 0 Å². The second-order valence-electron chi connectivity index (χ2n) is 13.7. The van der Waals surface area contributed by atoms with Crippen LogP contribution in [0.3, 0.4) is 0 Å². The molecule has 0 amide bonds. The predicted octanol–water partition coefficient (Wildman–Crippen LogP) is 4.46. The highest BCUT2D eigenvalue weighted by molar-refractivity contribution is 5.16. The molecule has 0 aromatic carbocycles. The number of rotatable bonds is 6. The topological polar surface area (TPSA) is 93.5 Å². The van der Waals surface area contributed by atoms with Crippen LogP contribution in [0.25, 0.3) is 0 Å². The van der Waals surface area contributed by atoms with Crippen molar-refractivity contribution in [3.8, 4) is 0 Å². The molecule has 0 radical (unpaired) electrons. The fraction of sp³-hybridized carbons (Fsp3) is 1.00. The fourth-order valence-electron chi connectivity index (χ4n) is 9.78. The van der Waals surface area contributed by atoms with Gasteiger partial charge in [-0.15, -0.1) is 0 Å². The number of nitrogens with two attached hydrogens (primary N) is 2. The minimum absolute atomic E-state index is 0.0656. The molecule has 33 heavy (non-hydrogen) atoms. The molecule has 2 bridgehead atoms. The third kappa shape index (κ3) is 4.67. The van der Waals surface area contributed by atoms with E-state index in [-0.39, 0.29) is 29.5 Å². The van der Waals surface area contributed by atoms with Crippen LogP contribution in [0, 0.1) is 29.1 Å². The van der Waals surface area contributed by atoms with Gasteiger partial charge in [0.15, 0.2) is 0 Å². The van der Waals surface area contributed by atoms with E-state index in [9.17, 15) is 5.11 Å². The first-order chi connectivity index (χ1) is 15.7. The molecule has 7 atom stereocenters. The van der Waals surface area contributed by atoms with Crippen LogP contribution < -0.4 is 16.8 Å². The fourth-order valence-corrected chi connectivity index (χ4v) is 9.78. The van der Waals surface area contributed by atoms with E-state index in [1.54, 1.807) is 0 Å². The van der Waals surface area contributed by atoms with Crippen molar-refractivity contribution in [2.45, 2.75) is 133 Å². The summed E-state index contributed by atoms with van der Waals surface area (Å²) < 4.78 is 7.16. The molecule has 5 nitrogen and oxygen atoms in total. The molecule has 190 valence electrons. The van der Waals surface area contributed by atoms with Crippen LogP contribution in [0.1, 0.15) is 110 Å². The van der Waals surface area contributed by atoms with Gasteiger partial charge < -0.3 is 26.6 Å². The van der Waals surface area contributed by atoms with E-state index in [1.165, 1.54) is 70.6 Å². The smallest absolute Gasteiger partial charge is 0.0736 e. The van der Waals surface area contributed by atoms with Crippen molar-refractivity contribution in [2.24, 2.45) is 40.6 Å². The molecule has 3 saturated heterocycles. The number of nitrogens with one attached hydrogen (secondary N) is 1. The average Bonchev–Trinajstić information content (AvgIpc) is 3.20. The molecule has 6 N–H and O–H groups in total. The maximum absolute atomic E-state index is 9.57. The van der Waals surface area contributed by atoms with Gasteiger partial charge in [-0.05, 0) is 127 Å². The summed E-state index contributed by atoms with van der Waals surface area (Å²) in [6.45, 7) is 5.94. The largest absolute Gasteiger partial charge is 0.396 e. The third-order valence-electron chi connectivity index (χ3n) is 10.9. The molecule has 6 rings (SSSR count). The van der Waals surface area contributed by atoms with E-state index >= 15 is 0 Å². The number of hydrogen-bond donors (Lipinski definition) is 4.